The lowest BCUT2D eigenvalue weighted by Gasteiger charge is -2.09. The highest BCUT2D eigenvalue weighted by Gasteiger charge is 2.32. The molecule has 2 aliphatic heterocycles. The van der Waals surface area contributed by atoms with Crippen molar-refractivity contribution in [1.82, 2.24) is 5.32 Å². The second kappa shape index (κ2) is 8.40. The van der Waals surface area contributed by atoms with Gasteiger partial charge in [-0.2, -0.15) is 0 Å². The fraction of sp³-hybridized carbons (Fsp3) is 0.438. The van der Waals surface area contributed by atoms with Gasteiger partial charge in [0.2, 0.25) is 11.8 Å². The Labute approximate surface area is 159 Å². The summed E-state index contributed by atoms with van der Waals surface area (Å²) < 4.78 is 5.50. The Morgan fingerprint density at radius 3 is 3.04 bits per heavy atom. The molecule has 2 heterocycles. The number of aliphatic imine (C=N–C) groups is 1. The van der Waals surface area contributed by atoms with Gasteiger partial charge in [0.25, 0.3) is 0 Å². The van der Waals surface area contributed by atoms with Gasteiger partial charge in [0, 0.05) is 13.0 Å². The van der Waals surface area contributed by atoms with Gasteiger partial charge in [0.15, 0.2) is 5.17 Å². The van der Waals surface area contributed by atoms with Gasteiger partial charge in [0.1, 0.15) is 5.25 Å². The first-order chi connectivity index (χ1) is 12.0. The lowest BCUT2D eigenvalue weighted by Crippen LogP contribution is -2.28. The number of carbonyl (C=O) groups is 2. The minimum atomic E-state index is -0.513. The highest BCUT2D eigenvalue weighted by Crippen LogP contribution is 2.30. The van der Waals surface area contributed by atoms with E-state index in [0.29, 0.717) is 22.4 Å². The van der Waals surface area contributed by atoms with E-state index in [1.807, 2.05) is 0 Å². The van der Waals surface area contributed by atoms with Crippen molar-refractivity contribution >= 4 is 57.6 Å². The van der Waals surface area contributed by atoms with E-state index in [4.69, 9.17) is 27.9 Å². The van der Waals surface area contributed by atoms with Gasteiger partial charge in [-0.1, -0.05) is 41.0 Å². The fourth-order valence-corrected chi connectivity index (χ4v) is 3.88. The van der Waals surface area contributed by atoms with Crippen molar-refractivity contribution in [2.45, 2.75) is 30.6 Å². The van der Waals surface area contributed by atoms with Crippen molar-refractivity contribution < 1.29 is 14.3 Å². The maximum Gasteiger partial charge on any atom is 0.240 e. The number of hydrogen-bond donors (Lipinski definition) is 2. The van der Waals surface area contributed by atoms with Crippen LogP contribution in [0.2, 0.25) is 10.0 Å². The number of amidine groups is 1. The molecule has 2 atom stereocenters. The molecule has 134 valence electrons. The van der Waals surface area contributed by atoms with Crippen molar-refractivity contribution in [3.8, 4) is 0 Å². The summed E-state index contributed by atoms with van der Waals surface area (Å²) in [7, 11) is 0. The summed E-state index contributed by atoms with van der Waals surface area (Å²) in [5, 5.41) is 6.05. The maximum atomic E-state index is 12.2. The van der Waals surface area contributed by atoms with Crippen LogP contribution in [0.25, 0.3) is 0 Å². The third-order valence-corrected chi connectivity index (χ3v) is 5.77. The summed E-state index contributed by atoms with van der Waals surface area (Å²) in [6, 6.07) is 4.98. The average Bonchev–Trinajstić information content (AvgIpc) is 3.20. The molecule has 0 radical (unpaired) electrons. The minimum absolute atomic E-state index is 0.0261. The highest BCUT2D eigenvalue weighted by molar-refractivity contribution is 8.15. The van der Waals surface area contributed by atoms with Gasteiger partial charge < -0.3 is 15.4 Å². The SMILES string of the molecule is O=C(C[C@@H]1SC(=NC[C@@H]2CCCO2)NC1=O)Nc1cccc(Cl)c1Cl. The van der Waals surface area contributed by atoms with Crippen LogP contribution >= 0.6 is 35.0 Å². The van der Waals surface area contributed by atoms with Crippen LogP contribution in [0.3, 0.4) is 0 Å². The Kier molecular flexibility index (Phi) is 6.22. The molecule has 6 nitrogen and oxygen atoms in total. The van der Waals surface area contributed by atoms with Crippen LogP contribution in [0.1, 0.15) is 19.3 Å². The van der Waals surface area contributed by atoms with E-state index in [-0.39, 0.29) is 29.4 Å². The number of rotatable bonds is 5. The smallest absolute Gasteiger partial charge is 0.240 e. The summed E-state index contributed by atoms with van der Waals surface area (Å²) in [6.45, 7) is 1.30. The Hall–Kier alpha value is -1.28. The Morgan fingerprint density at radius 2 is 2.28 bits per heavy atom. The summed E-state index contributed by atoms with van der Waals surface area (Å²) in [6.07, 6.45) is 2.18. The Balaban J connectivity index is 1.53. The average molecular weight is 402 g/mol. The Bertz CT molecular complexity index is 708. The summed E-state index contributed by atoms with van der Waals surface area (Å²) in [5.74, 6) is -0.527. The number of amides is 2. The van der Waals surface area contributed by atoms with Crippen molar-refractivity contribution in [3.63, 3.8) is 0 Å². The first kappa shape index (κ1) is 18.5. The molecule has 2 amide bonds. The highest BCUT2D eigenvalue weighted by atomic mass is 35.5. The number of carbonyl (C=O) groups excluding carboxylic acids is 2. The van der Waals surface area contributed by atoms with E-state index >= 15 is 0 Å². The molecule has 1 aromatic carbocycles. The number of benzene rings is 1. The van der Waals surface area contributed by atoms with Crippen molar-refractivity contribution in [1.29, 1.82) is 0 Å². The lowest BCUT2D eigenvalue weighted by atomic mass is 10.2. The zero-order valence-corrected chi connectivity index (χ0v) is 15.6. The summed E-state index contributed by atoms with van der Waals surface area (Å²) >= 11 is 13.2. The Morgan fingerprint density at radius 1 is 1.44 bits per heavy atom. The molecule has 0 unspecified atom stereocenters. The molecular formula is C16H17Cl2N3O3S. The van der Waals surface area contributed by atoms with E-state index in [0.717, 1.165) is 19.4 Å². The predicted octanol–water partition coefficient (Wildman–Crippen LogP) is 3.09. The largest absolute Gasteiger partial charge is 0.376 e. The van der Waals surface area contributed by atoms with E-state index in [9.17, 15) is 9.59 Å². The second-order valence-corrected chi connectivity index (χ2v) is 7.71. The molecule has 0 saturated carbocycles. The maximum absolute atomic E-state index is 12.2. The molecule has 0 bridgehead atoms. The molecule has 25 heavy (non-hydrogen) atoms. The van der Waals surface area contributed by atoms with Crippen LogP contribution in [-0.2, 0) is 14.3 Å². The molecule has 0 spiro atoms. The van der Waals surface area contributed by atoms with Crippen LogP contribution in [0.4, 0.5) is 5.69 Å². The lowest BCUT2D eigenvalue weighted by molar-refractivity contribution is -0.122. The summed E-state index contributed by atoms with van der Waals surface area (Å²) in [5.41, 5.74) is 0.426. The fourth-order valence-electron chi connectivity index (χ4n) is 2.56. The third kappa shape index (κ3) is 4.88. The molecular weight excluding hydrogens is 385 g/mol. The van der Waals surface area contributed by atoms with E-state index < -0.39 is 5.25 Å². The molecule has 2 saturated heterocycles. The van der Waals surface area contributed by atoms with Crippen LogP contribution in [0, 0.1) is 0 Å². The predicted molar refractivity (Wildman–Crippen MR) is 101 cm³/mol. The van der Waals surface area contributed by atoms with Crippen LogP contribution in [0.5, 0.6) is 0 Å². The number of nitrogens with one attached hydrogen (secondary N) is 2. The van der Waals surface area contributed by atoms with Crippen molar-refractivity contribution in [3.05, 3.63) is 28.2 Å². The molecule has 2 fully saturated rings. The quantitative estimate of drug-likeness (QED) is 0.794. The standard InChI is InChI=1S/C16H17Cl2N3O3S/c17-10-4-1-5-11(14(10)18)20-13(22)7-12-15(23)21-16(25-12)19-8-9-3-2-6-24-9/h1,4-5,9,12H,2-3,6-8H2,(H,20,22)(H,19,21,23)/t9-,12-/m0/s1. The molecule has 0 aliphatic carbocycles. The van der Waals surface area contributed by atoms with Gasteiger partial charge in [0.05, 0.1) is 28.4 Å². The number of ether oxygens (including phenoxy) is 1. The van der Waals surface area contributed by atoms with E-state index in [1.54, 1.807) is 18.2 Å². The van der Waals surface area contributed by atoms with Gasteiger partial charge in [-0.25, -0.2) is 0 Å². The van der Waals surface area contributed by atoms with Gasteiger partial charge in [-0.3, -0.25) is 14.6 Å². The molecule has 2 N–H and O–H groups in total. The monoisotopic (exact) mass is 401 g/mol. The topological polar surface area (TPSA) is 79.8 Å². The zero-order valence-electron chi connectivity index (χ0n) is 13.3. The van der Waals surface area contributed by atoms with Crippen LogP contribution in [-0.4, -0.2) is 41.5 Å². The molecule has 3 rings (SSSR count). The number of halogens is 2. The molecule has 0 aromatic heterocycles. The number of nitrogens with zero attached hydrogens (tertiary/aromatic N) is 1. The van der Waals surface area contributed by atoms with E-state index in [1.165, 1.54) is 11.8 Å². The second-order valence-electron chi connectivity index (χ2n) is 5.73. The van der Waals surface area contributed by atoms with E-state index in [2.05, 4.69) is 15.6 Å². The molecule has 9 heteroatoms. The number of hydrogen-bond acceptors (Lipinski definition) is 5. The molecule has 1 aromatic rings. The van der Waals surface area contributed by atoms with Gasteiger partial charge in [-0.05, 0) is 25.0 Å². The zero-order chi connectivity index (χ0) is 17.8. The minimum Gasteiger partial charge on any atom is -0.376 e. The number of thioether (sulfide) groups is 1. The molecule has 2 aliphatic rings. The first-order valence-corrected chi connectivity index (χ1v) is 9.54. The van der Waals surface area contributed by atoms with Gasteiger partial charge in [-0.15, -0.1) is 0 Å². The van der Waals surface area contributed by atoms with Crippen LogP contribution in [0.15, 0.2) is 23.2 Å². The third-order valence-electron chi connectivity index (χ3n) is 3.84. The first-order valence-electron chi connectivity index (χ1n) is 7.90. The van der Waals surface area contributed by atoms with Gasteiger partial charge >= 0.3 is 0 Å². The van der Waals surface area contributed by atoms with Crippen molar-refractivity contribution in [2.24, 2.45) is 4.99 Å². The van der Waals surface area contributed by atoms with Crippen LogP contribution < -0.4 is 10.6 Å². The normalized spacial score (nSPS) is 24.6. The number of anilines is 1. The van der Waals surface area contributed by atoms with Crippen molar-refractivity contribution in [2.75, 3.05) is 18.5 Å². The summed E-state index contributed by atoms with van der Waals surface area (Å²) in [4.78, 5) is 28.6.